The second-order valence-corrected chi connectivity index (χ2v) is 18.2. The van der Waals surface area contributed by atoms with Crippen LogP contribution >= 0.6 is 0 Å². The van der Waals surface area contributed by atoms with Gasteiger partial charge in [-0.15, -0.1) is 0 Å². The van der Waals surface area contributed by atoms with Gasteiger partial charge in [-0.2, -0.15) is 0 Å². The highest BCUT2D eigenvalue weighted by molar-refractivity contribution is 6.63. The van der Waals surface area contributed by atoms with Crippen LogP contribution in [0.15, 0.2) is 0 Å². The van der Waals surface area contributed by atoms with Gasteiger partial charge < -0.3 is 39.8 Å². The number of hydrogen-bond donors (Lipinski definition) is 0. The summed E-state index contributed by atoms with van der Waals surface area (Å²) < 4.78 is 51.6. The highest BCUT2D eigenvalue weighted by Gasteiger charge is 2.50. The largest absolute Gasteiger partial charge is 0.503 e. The van der Waals surface area contributed by atoms with Gasteiger partial charge in [0.2, 0.25) is 0 Å². The summed E-state index contributed by atoms with van der Waals surface area (Å²) in [5, 5.41) is 0. The Hall–Kier alpha value is 0.291. The van der Waals surface area contributed by atoms with Crippen molar-refractivity contribution < 1.29 is 39.8 Å². The van der Waals surface area contributed by atoms with Crippen molar-refractivity contribution in [3.8, 4) is 0 Å². The average molecular weight is 503 g/mol. The van der Waals surface area contributed by atoms with E-state index in [0.29, 0.717) is 0 Å². The first kappa shape index (κ1) is 31.3. The summed E-state index contributed by atoms with van der Waals surface area (Å²) in [6, 6.07) is 0. The fourth-order valence-corrected chi connectivity index (χ4v) is 11.8. The van der Waals surface area contributed by atoms with Gasteiger partial charge in [-0.3, -0.25) is 0 Å². The van der Waals surface area contributed by atoms with Crippen molar-refractivity contribution in [3.63, 3.8) is 0 Å². The van der Waals surface area contributed by atoms with E-state index in [4.69, 9.17) is 39.8 Å². The molecule has 3 unspecified atom stereocenters. The molecule has 0 bridgehead atoms. The van der Waals surface area contributed by atoms with Crippen molar-refractivity contribution in [1.82, 2.24) is 0 Å². The second-order valence-electron chi connectivity index (χ2n) is 7.92. The van der Waals surface area contributed by atoms with Crippen LogP contribution in [0.3, 0.4) is 0 Å². The summed E-state index contributed by atoms with van der Waals surface area (Å²) in [6.07, 6.45) is 2.50. The van der Waals surface area contributed by atoms with E-state index in [9.17, 15) is 0 Å². The summed E-state index contributed by atoms with van der Waals surface area (Å²) in [5.74, 6) is 0.256. The molecule has 0 spiro atoms. The Kier molecular flexibility index (Phi) is 14.7. The Morgan fingerprint density at radius 2 is 0.548 bits per heavy atom. The maximum absolute atomic E-state index is 5.73. The highest BCUT2D eigenvalue weighted by Crippen LogP contribution is 2.42. The Morgan fingerprint density at radius 3 is 0.677 bits per heavy atom. The molecule has 0 rings (SSSR count). The first-order valence-electron chi connectivity index (χ1n) is 10.6. The molecule has 0 amide bonds. The summed E-state index contributed by atoms with van der Waals surface area (Å²) in [7, 11) is 6.44. The van der Waals surface area contributed by atoms with Gasteiger partial charge in [-0.1, -0.05) is 20.8 Å². The minimum atomic E-state index is -2.79. The van der Waals surface area contributed by atoms with E-state index in [1.54, 1.807) is 64.0 Å². The molecule has 0 aliphatic carbocycles. The van der Waals surface area contributed by atoms with Crippen LogP contribution in [0.5, 0.6) is 0 Å². The van der Waals surface area contributed by atoms with Crippen molar-refractivity contribution in [3.05, 3.63) is 0 Å². The molecule has 188 valence electrons. The zero-order valence-electron chi connectivity index (χ0n) is 21.6. The van der Waals surface area contributed by atoms with Crippen molar-refractivity contribution in [2.24, 2.45) is 5.92 Å². The lowest BCUT2D eigenvalue weighted by Gasteiger charge is -2.37. The van der Waals surface area contributed by atoms with Crippen LogP contribution in [-0.2, 0) is 39.8 Å². The Balaban J connectivity index is 5.86. The minimum absolute atomic E-state index is 0.0873. The molecule has 0 aliphatic rings. The lowest BCUT2D eigenvalue weighted by atomic mass is 9.93. The third kappa shape index (κ3) is 7.39. The average Bonchev–Trinajstić information content (AvgIpc) is 2.78. The maximum Gasteiger partial charge on any atom is 0.503 e. The van der Waals surface area contributed by atoms with Crippen LogP contribution < -0.4 is 0 Å². The van der Waals surface area contributed by atoms with Gasteiger partial charge in [0.1, 0.15) is 0 Å². The number of hydrogen-bond acceptors (Lipinski definition) is 9. The van der Waals surface area contributed by atoms with Crippen LogP contribution in [0.4, 0.5) is 0 Å². The smallest absolute Gasteiger partial charge is 0.377 e. The van der Waals surface area contributed by atoms with Gasteiger partial charge in [-0.25, -0.2) is 0 Å². The lowest BCUT2D eigenvalue weighted by molar-refractivity contribution is 0.0967. The van der Waals surface area contributed by atoms with Gasteiger partial charge in [0.25, 0.3) is 0 Å². The molecular formula is C19H46O9Si3. The van der Waals surface area contributed by atoms with Crippen molar-refractivity contribution in [2.75, 3.05) is 64.0 Å². The molecule has 3 atom stereocenters. The zero-order chi connectivity index (χ0) is 24.3. The molecule has 0 heterocycles. The van der Waals surface area contributed by atoms with E-state index in [0.717, 1.165) is 19.3 Å². The summed E-state index contributed by atoms with van der Waals surface area (Å²) in [6.45, 7) is 6.35. The first-order valence-corrected chi connectivity index (χ1v) is 16.0. The van der Waals surface area contributed by atoms with Crippen molar-refractivity contribution in [1.29, 1.82) is 0 Å². The van der Waals surface area contributed by atoms with Gasteiger partial charge in [0.05, 0.1) is 0 Å². The molecule has 12 heteroatoms. The molecule has 0 radical (unpaired) electrons. The predicted molar refractivity (Wildman–Crippen MR) is 126 cm³/mol. The van der Waals surface area contributed by atoms with Gasteiger partial charge in [-0.05, 0) is 25.2 Å². The summed E-state index contributed by atoms with van der Waals surface area (Å²) in [4.78, 5) is 0. The normalized spacial score (nSPS) is 17.4. The van der Waals surface area contributed by atoms with E-state index in [1.165, 1.54) is 0 Å². The fraction of sp³-hybridized carbons (Fsp3) is 1.00. The van der Waals surface area contributed by atoms with Crippen molar-refractivity contribution >= 4 is 26.4 Å². The standard InChI is InChI=1S/C19H46O9Si3/c1-16(29(20-4,21-5)22-6)13-19(14-17(2)30(23-7,24-8)25-9)15-18(3)31(26-10,27-11)28-12/h16-19H,13-15H2,1-12H3. The summed E-state index contributed by atoms with van der Waals surface area (Å²) in [5.41, 5.74) is 0.262. The monoisotopic (exact) mass is 502 g/mol. The van der Waals surface area contributed by atoms with Crippen LogP contribution in [0.25, 0.3) is 0 Å². The highest BCUT2D eigenvalue weighted by atomic mass is 28.4. The number of rotatable bonds is 18. The zero-order valence-corrected chi connectivity index (χ0v) is 24.6. The van der Waals surface area contributed by atoms with Gasteiger partial charge in [0.15, 0.2) is 0 Å². The van der Waals surface area contributed by atoms with E-state index in [-0.39, 0.29) is 22.5 Å². The van der Waals surface area contributed by atoms with E-state index in [2.05, 4.69) is 20.8 Å². The molecule has 9 nitrogen and oxygen atoms in total. The van der Waals surface area contributed by atoms with E-state index < -0.39 is 26.4 Å². The fourth-order valence-electron chi connectivity index (χ4n) is 4.78. The molecular weight excluding hydrogens is 456 g/mol. The van der Waals surface area contributed by atoms with Crippen molar-refractivity contribution in [2.45, 2.75) is 56.7 Å². The SMILES string of the molecule is CO[Si](OC)(OC)C(C)CC(CC(C)[Si](OC)(OC)OC)CC(C)[Si](OC)(OC)OC. The summed E-state index contributed by atoms with van der Waals surface area (Å²) >= 11 is 0. The first-order chi connectivity index (χ1) is 14.6. The minimum Gasteiger partial charge on any atom is -0.377 e. The topological polar surface area (TPSA) is 83.1 Å². The Labute approximate surface area is 193 Å². The van der Waals surface area contributed by atoms with Gasteiger partial charge >= 0.3 is 26.4 Å². The van der Waals surface area contributed by atoms with E-state index in [1.807, 2.05) is 0 Å². The van der Waals surface area contributed by atoms with Crippen LogP contribution in [0.2, 0.25) is 16.6 Å². The Morgan fingerprint density at radius 1 is 0.387 bits per heavy atom. The molecule has 0 aromatic rings. The van der Waals surface area contributed by atoms with Crippen LogP contribution in [0.1, 0.15) is 40.0 Å². The molecule has 0 aromatic heterocycles. The third-order valence-corrected chi connectivity index (χ3v) is 15.9. The van der Waals surface area contributed by atoms with Crippen LogP contribution in [0, 0.1) is 5.92 Å². The third-order valence-electron chi connectivity index (χ3n) is 6.43. The molecule has 0 N–H and O–H groups in total. The Bertz CT molecular complexity index is 383. The molecule has 31 heavy (non-hydrogen) atoms. The molecule has 0 saturated carbocycles. The maximum atomic E-state index is 5.73. The molecule has 0 saturated heterocycles. The van der Waals surface area contributed by atoms with Crippen LogP contribution in [-0.4, -0.2) is 90.4 Å². The van der Waals surface area contributed by atoms with Gasteiger partial charge in [0, 0.05) is 80.6 Å². The second kappa shape index (κ2) is 14.5. The molecule has 0 fully saturated rings. The predicted octanol–water partition coefficient (Wildman–Crippen LogP) is 3.58. The molecule has 0 aromatic carbocycles. The quantitative estimate of drug-likeness (QED) is 0.261. The molecule has 0 aliphatic heterocycles. The lowest BCUT2D eigenvalue weighted by Crippen LogP contribution is -2.50. The van der Waals surface area contributed by atoms with E-state index >= 15 is 0 Å².